The van der Waals surface area contributed by atoms with E-state index in [9.17, 15) is 4.79 Å². The Morgan fingerprint density at radius 3 is 2.69 bits per heavy atom. The highest BCUT2D eigenvalue weighted by molar-refractivity contribution is 5.63. The van der Waals surface area contributed by atoms with E-state index in [0.29, 0.717) is 29.9 Å². The zero-order valence-electron chi connectivity index (χ0n) is 15.0. The second-order valence-corrected chi connectivity index (χ2v) is 6.36. The van der Waals surface area contributed by atoms with E-state index in [1.807, 2.05) is 32.2 Å². The number of nitrogens with one attached hydrogen (secondary N) is 1. The maximum absolute atomic E-state index is 11.4. The third-order valence-electron chi connectivity index (χ3n) is 3.90. The van der Waals surface area contributed by atoms with Gasteiger partial charge in [-0.15, -0.1) is 0 Å². The summed E-state index contributed by atoms with van der Waals surface area (Å²) in [4.78, 5) is 26.8. The van der Waals surface area contributed by atoms with Crippen molar-refractivity contribution in [1.82, 2.24) is 19.9 Å². The Morgan fingerprint density at radius 1 is 1.23 bits per heavy atom. The molecule has 1 fully saturated rings. The fourth-order valence-electron chi connectivity index (χ4n) is 2.27. The molecule has 0 bridgehead atoms. The smallest absolute Gasteiger partial charge is 0.226 e. The van der Waals surface area contributed by atoms with E-state index >= 15 is 0 Å². The Kier molecular flexibility index (Phi) is 5.73. The maximum atomic E-state index is 11.4. The van der Waals surface area contributed by atoms with Gasteiger partial charge in [-0.05, 0) is 44.2 Å². The van der Waals surface area contributed by atoms with E-state index in [4.69, 9.17) is 4.74 Å². The lowest BCUT2D eigenvalue weighted by molar-refractivity contribution is 0.288. The summed E-state index contributed by atoms with van der Waals surface area (Å²) in [5.74, 6) is 1.85. The van der Waals surface area contributed by atoms with Gasteiger partial charge in [-0.25, -0.2) is 4.98 Å². The van der Waals surface area contributed by atoms with Crippen molar-refractivity contribution in [2.45, 2.75) is 26.7 Å². The van der Waals surface area contributed by atoms with Gasteiger partial charge in [0.2, 0.25) is 5.88 Å². The number of H-pyrrole nitrogens is 1. The molecule has 0 amide bonds. The number of pyridine rings is 2. The molecule has 0 radical (unpaired) electrons. The van der Waals surface area contributed by atoms with E-state index in [-0.39, 0.29) is 5.43 Å². The summed E-state index contributed by atoms with van der Waals surface area (Å²) in [7, 11) is 0. The number of aryl methyl sites for hydroxylation is 2. The van der Waals surface area contributed by atoms with E-state index in [1.54, 1.807) is 18.6 Å². The van der Waals surface area contributed by atoms with Crippen LogP contribution in [0.5, 0.6) is 5.88 Å². The van der Waals surface area contributed by atoms with Gasteiger partial charge in [0.15, 0.2) is 5.43 Å². The minimum atomic E-state index is -0.0533. The number of hydrogen-bond acceptors (Lipinski definition) is 5. The molecule has 0 spiro atoms. The first kappa shape index (κ1) is 17.8. The second kappa shape index (κ2) is 8.38. The molecule has 0 unspecified atom stereocenters. The van der Waals surface area contributed by atoms with Crippen LogP contribution in [0.15, 0.2) is 53.8 Å². The Hall–Kier alpha value is -3.02. The lowest BCUT2D eigenvalue weighted by Crippen LogP contribution is -2.06. The maximum Gasteiger partial charge on any atom is 0.226 e. The van der Waals surface area contributed by atoms with E-state index in [0.717, 1.165) is 5.56 Å². The average Bonchev–Trinajstić information content (AvgIpc) is 3.46. The highest BCUT2D eigenvalue weighted by atomic mass is 16.5. The minimum Gasteiger partial charge on any atom is -0.477 e. The fraction of sp³-hybridized carbons (Fsp3) is 0.300. The molecule has 0 aliphatic heterocycles. The molecule has 3 aromatic heterocycles. The van der Waals surface area contributed by atoms with Crippen LogP contribution in [0.3, 0.4) is 0 Å². The SMILES string of the molecule is Cc1cccnc1.Cc1ncc(-c2cc(=O)cc[nH]2)c(OCC2CC2)n1. The molecule has 0 saturated heterocycles. The molecule has 26 heavy (non-hydrogen) atoms. The van der Waals surface area contributed by atoms with Gasteiger partial charge in [-0.1, -0.05) is 6.07 Å². The summed E-state index contributed by atoms with van der Waals surface area (Å²) in [6, 6.07) is 6.95. The third-order valence-corrected chi connectivity index (χ3v) is 3.90. The summed E-state index contributed by atoms with van der Waals surface area (Å²) in [6.45, 7) is 4.52. The zero-order chi connectivity index (χ0) is 18.4. The highest BCUT2D eigenvalue weighted by Gasteiger charge is 2.23. The summed E-state index contributed by atoms with van der Waals surface area (Å²) < 4.78 is 5.76. The van der Waals surface area contributed by atoms with E-state index in [1.165, 1.54) is 30.5 Å². The zero-order valence-corrected chi connectivity index (χ0v) is 15.0. The summed E-state index contributed by atoms with van der Waals surface area (Å²) in [5, 5.41) is 0. The normalized spacial score (nSPS) is 12.8. The summed E-state index contributed by atoms with van der Waals surface area (Å²) in [6.07, 6.45) is 9.36. The topological polar surface area (TPSA) is 80.8 Å². The quantitative estimate of drug-likeness (QED) is 0.781. The number of aromatic nitrogens is 4. The molecule has 1 N–H and O–H groups in total. The molecule has 0 atom stereocenters. The number of nitrogens with zero attached hydrogens (tertiary/aromatic N) is 3. The monoisotopic (exact) mass is 350 g/mol. The van der Waals surface area contributed by atoms with E-state index in [2.05, 4.69) is 19.9 Å². The van der Waals surface area contributed by atoms with Crippen LogP contribution in [-0.2, 0) is 0 Å². The van der Waals surface area contributed by atoms with E-state index < -0.39 is 0 Å². The Balaban J connectivity index is 0.000000236. The summed E-state index contributed by atoms with van der Waals surface area (Å²) >= 11 is 0. The molecular weight excluding hydrogens is 328 g/mol. The molecule has 4 rings (SSSR count). The van der Waals surface area contributed by atoms with Crippen LogP contribution in [0.25, 0.3) is 11.3 Å². The first-order chi connectivity index (χ1) is 12.6. The Morgan fingerprint density at radius 2 is 2.08 bits per heavy atom. The first-order valence-corrected chi connectivity index (χ1v) is 8.64. The van der Waals surface area contributed by atoms with Crippen molar-refractivity contribution in [3.05, 3.63) is 70.7 Å². The molecular formula is C20H22N4O2. The molecule has 3 heterocycles. The molecule has 6 heteroatoms. The van der Waals surface area contributed by atoms with Gasteiger partial charge in [0.25, 0.3) is 0 Å². The molecule has 1 saturated carbocycles. The van der Waals surface area contributed by atoms with Gasteiger partial charge in [-0.3, -0.25) is 9.78 Å². The Bertz CT molecular complexity index is 905. The predicted octanol–water partition coefficient (Wildman–Crippen LogP) is 3.32. The minimum absolute atomic E-state index is 0.0533. The predicted molar refractivity (Wildman–Crippen MR) is 100 cm³/mol. The number of rotatable bonds is 4. The molecule has 1 aliphatic rings. The van der Waals surface area contributed by atoms with Crippen LogP contribution in [0.2, 0.25) is 0 Å². The van der Waals surface area contributed by atoms with Gasteiger partial charge in [0, 0.05) is 36.9 Å². The molecule has 6 nitrogen and oxygen atoms in total. The van der Waals surface area contributed by atoms with Gasteiger partial charge in [0.05, 0.1) is 17.9 Å². The Labute approximate surface area is 152 Å². The largest absolute Gasteiger partial charge is 0.477 e. The molecule has 0 aromatic carbocycles. The summed E-state index contributed by atoms with van der Waals surface area (Å²) in [5.41, 5.74) is 2.56. The highest BCUT2D eigenvalue weighted by Crippen LogP contribution is 2.31. The van der Waals surface area contributed by atoms with Gasteiger partial charge >= 0.3 is 0 Å². The average molecular weight is 350 g/mol. The van der Waals surface area contributed by atoms with Crippen molar-refractivity contribution in [1.29, 1.82) is 0 Å². The third kappa shape index (κ3) is 5.24. The van der Waals surface area contributed by atoms with Crippen LogP contribution in [0.1, 0.15) is 24.2 Å². The van der Waals surface area contributed by atoms with Crippen LogP contribution in [0.4, 0.5) is 0 Å². The van der Waals surface area contributed by atoms with Gasteiger partial charge in [0.1, 0.15) is 5.82 Å². The number of ether oxygens (including phenoxy) is 1. The first-order valence-electron chi connectivity index (χ1n) is 8.64. The number of aromatic amines is 1. The standard InChI is InChI=1S/C14H15N3O2.C6H7N/c1-9-16-7-12(13-6-11(18)4-5-15-13)14(17-9)19-8-10-2-3-10;1-6-3-2-4-7-5-6/h4-7,10H,2-3,8H2,1H3,(H,15,18);2-5H,1H3. The molecule has 1 aliphatic carbocycles. The molecule has 3 aromatic rings. The van der Waals surface area contributed by atoms with Crippen LogP contribution in [-0.4, -0.2) is 26.5 Å². The molecule has 134 valence electrons. The second-order valence-electron chi connectivity index (χ2n) is 6.36. The van der Waals surface area contributed by atoms with Crippen molar-refractivity contribution in [2.75, 3.05) is 6.61 Å². The van der Waals surface area contributed by atoms with Crippen molar-refractivity contribution in [3.8, 4) is 17.1 Å². The lowest BCUT2D eigenvalue weighted by Gasteiger charge is -2.10. The van der Waals surface area contributed by atoms with Crippen LogP contribution in [0, 0.1) is 19.8 Å². The van der Waals surface area contributed by atoms with Crippen molar-refractivity contribution < 1.29 is 4.74 Å². The van der Waals surface area contributed by atoms with Crippen molar-refractivity contribution in [3.63, 3.8) is 0 Å². The van der Waals surface area contributed by atoms with Crippen LogP contribution < -0.4 is 10.2 Å². The van der Waals surface area contributed by atoms with Gasteiger partial charge < -0.3 is 9.72 Å². The van der Waals surface area contributed by atoms with Crippen molar-refractivity contribution in [2.24, 2.45) is 5.92 Å². The number of hydrogen-bond donors (Lipinski definition) is 1. The van der Waals surface area contributed by atoms with Gasteiger partial charge in [-0.2, -0.15) is 4.98 Å². The van der Waals surface area contributed by atoms with Crippen LogP contribution >= 0.6 is 0 Å². The lowest BCUT2D eigenvalue weighted by atomic mass is 10.2. The van der Waals surface area contributed by atoms with Crippen molar-refractivity contribution >= 4 is 0 Å². The fourth-order valence-corrected chi connectivity index (χ4v) is 2.27.